The summed E-state index contributed by atoms with van der Waals surface area (Å²) >= 11 is 0. The molecule has 0 N–H and O–H groups in total. The molecule has 3 aliphatic heterocycles. The molecule has 2 aromatic heterocycles. The Kier molecular flexibility index (Phi) is 8.05. The lowest BCUT2D eigenvalue weighted by molar-refractivity contribution is -0.831. The molecule has 0 amide bonds. The maximum absolute atomic E-state index is 7.16. The molecule has 7 aromatic rings. The van der Waals surface area contributed by atoms with E-state index in [-0.39, 0.29) is 0 Å². The Balaban J connectivity index is 1.01. The summed E-state index contributed by atoms with van der Waals surface area (Å²) in [5, 5.41) is 0. The van der Waals surface area contributed by atoms with E-state index in [2.05, 4.69) is 152 Å². The first-order valence-corrected chi connectivity index (χ1v) is 19.2. The van der Waals surface area contributed by atoms with Crippen molar-refractivity contribution in [3.63, 3.8) is 0 Å². The van der Waals surface area contributed by atoms with Crippen LogP contribution in [0.25, 0.3) is 22.3 Å². The Morgan fingerprint density at radius 3 is 1.49 bits per heavy atom. The minimum atomic E-state index is -1.24. The average Bonchev–Trinajstić information content (AvgIpc) is 3.98. The molecule has 10 rings (SSSR count). The van der Waals surface area contributed by atoms with E-state index in [1.54, 1.807) is 0 Å². The summed E-state index contributed by atoms with van der Waals surface area (Å²) in [6.07, 6.45) is 19.9. The molecule has 270 valence electrons. The van der Waals surface area contributed by atoms with Gasteiger partial charge in [-0.3, -0.25) is 0 Å². The Hall–Kier alpha value is -6.54. The van der Waals surface area contributed by atoms with Crippen molar-refractivity contribution in [2.45, 2.75) is 58.7 Å². The monoisotopic (exact) mass is 722 g/mol. The number of ether oxygens (including phenoxy) is 2. The van der Waals surface area contributed by atoms with Gasteiger partial charge in [0.25, 0.3) is 11.4 Å². The maximum Gasteiger partial charge on any atom is 0.715 e. The summed E-state index contributed by atoms with van der Waals surface area (Å²) in [4.78, 5) is 8.40. The highest BCUT2D eigenvalue weighted by molar-refractivity contribution is 5.90. The summed E-state index contributed by atoms with van der Waals surface area (Å²) in [5.74, 6) is 1.65. The van der Waals surface area contributed by atoms with E-state index in [9.17, 15) is 0 Å². The zero-order chi connectivity index (χ0) is 36.9. The van der Waals surface area contributed by atoms with Crippen molar-refractivity contribution in [1.29, 1.82) is 0 Å². The van der Waals surface area contributed by atoms with E-state index in [1.807, 2.05) is 37.4 Å². The van der Waals surface area contributed by atoms with Gasteiger partial charge in [-0.15, -0.1) is 0 Å². The van der Waals surface area contributed by atoms with E-state index in [1.165, 1.54) is 33.4 Å². The quantitative estimate of drug-likeness (QED) is 0.132. The van der Waals surface area contributed by atoms with Gasteiger partial charge in [-0.1, -0.05) is 60.7 Å². The molecule has 3 aliphatic rings. The summed E-state index contributed by atoms with van der Waals surface area (Å²) < 4.78 is 22.9. The predicted molar refractivity (Wildman–Crippen MR) is 215 cm³/mol. The molecular formula is C47H42N6O2+2. The molecule has 5 heterocycles. The lowest BCUT2D eigenvalue weighted by atomic mass is 9.93. The van der Waals surface area contributed by atoms with Crippen molar-refractivity contribution in [2.75, 3.05) is 0 Å². The Labute approximate surface area is 320 Å². The van der Waals surface area contributed by atoms with Gasteiger partial charge in [0.15, 0.2) is 23.9 Å². The molecule has 0 bridgehead atoms. The van der Waals surface area contributed by atoms with E-state index in [0.29, 0.717) is 0 Å². The van der Waals surface area contributed by atoms with Crippen molar-refractivity contribution in [1.82, 2.24) is 19.1 Å². The normalized spacial score (nSPS) is 14.4. The number of fused-ring (bicyclic) bond motifs is 5. The van der Waals surface area contributed by atoms with Gasteiger partial charge in [-0.25, -0.2) is 9.97 Å². The van der Waals surface area contributed by atoms with Crippen LogP contribution in [-0.2, 0) is 25.9 Å². The fraction of sp³-hybridized carbons (Fsp3) is 0.191. The van der Waals surface area contributed by atoms with E-state index in [4.69, 9.17) is 9.47 Å². The molecule has 0 aliphatic carbocycles. The second kappa shape index (κ2) is 13.4. The third-order valence-corrected chi connectivity index (χ3v) is 11.1. The van der Waals surface area contributed by atoms with Crippen molar-refractivity contribution in [3.8, 4) is 33.8 Å². The molecule has 8 nitrogen and oxygen atoms in total. The average molecular weight is 723 g/mol. The predicted octanol–water partition coefficient (Wildman–Crippen LogP) is 9.23. The number of para-hydroxylation sites is 2. The van der Waals surface area contributed by atoms with E-state index < -0.39 is 6.03 Å². The SMILES string of the molecule is Cc1cc(-c2ccccc2CCCn2ccnc2)cc2c1OC13Oc4c(C)cc(-c5ccccc5CCCn5ccnc5)cc4C=[N+]1c1ccccc1[N+]3=C2. The van der Waals surface area contributed by atoms with Crippen LogP contribution >= 0.6 is 0 Å². The molecule has 1 spiro atoms. The molecule has 0 atom stereocenters. The van der Waals surface area contributed by atoms with Crippen molar-refractivity contribution in [2.24, 2.45) is 0 Å². The first-order chi connectivity index (χ1) is 27.0. The highest BCUT2D eigenvalue weighted by atomic mass is 16.7. The summed E-state index contributed by atoms with van der Waals surface area (Å²) in [6.45, 7) is 6.16. The fourth-order valence-electron chi connectivity index (χ4n) is 8.52. The Morgan fingerprint density at radius 1 is 0.582 bits per heavy atom. The lowest BCUT2D eigenvalue weighted by Gasteiger charge is -2.28. The standard InChI is InChI=1S/C47H42N6O2/c1-33-25-37(41-15-5-3-11-35(41)13-9-21-50-23-19-48-31-50)27-39-29-52-43-17-7-8-18-44(43)53-30-40-28-38(26-34(2)46(40)55-47(52,53)54-45(33)39)42-16-6-4-12-36(42)14-10-22-51-24-20-49-32-51/h3-8,11-12,15-20,23-32H,9-10,13-14,21-22H2,1-2H3/q+2. The maximum atomic E-state index is 7.16. The van der Waals surface area contributed by atoms with Crippen LogP contribution in [0.1, 0.15) is 46.2 Å². The number of benzene rings is 5. The highest BCUT2D eigenvalue weighted by Crippen LogP contribution is 2.50. The molecule has 8 heteroatoms. The van der Waals surface area contributed by atoms with Crippen LogP contribution in [0.5, 0.6) is 11.5 Å². The number of aromatic nitrogens is 4. The van der Waals surface area contributed by atoms with Crippen LogP contribution in [0, 0.1) is 13.8 Å². The fourth-order valence-corrected chi connectivity index (χ4v) is 8.52. The summed E-state index contributed by atoms with van der Waals surface area (Å²) in [6, 6.07) is 33.8. The van der Waals surface area contributed by atoms with Gasteiger partial charge < -0.3 is 18.6 Å². The third kappa shape index (κ3) is 5.76. The number of hydrogen-bond acceptors (Lipinski definition) is 4. The van der Waals surface area contributed by atoms with E-state index in [0.717, 1.165) is 83.9 Å². The molecule has 0 saturated carbocycles. The molecular weight excluding hydrogens is 681 g/mol. The van der Waals surface area contributed by atoms with Crippen LogP contribution in [0.2, 0.25) is 0 Å². The molecule has 55 heavy (non-hydrogen) atoms. The zero-order valence-corrected chi connectivity index (χ0v) is 31.1. The number of nitrogens with zero attached hydrogens (tertiary/aromatic N) is 6. The second-order valence-electron chi connectivity index (χ2n) is 14.8. The lowest BCUT2D eigenvalue weighted by Crippen LogP contribution is -2.59. The van der Waals surface area contributed by atoms with Gasteiger partial charge in [0.05, 0.1) is 23.8 Å². The van der Waals surface area contributed by atoms with Gasteiger partial charge in [-0.2, -0.15) is 0 Å². The summed E-state index contributed by atoms with van der Waals surface area (Å²) in [7, 11) is 0. The van der Waals surface area contributed by atoms with Crippen molar-refractivity contribution >= 4 is 23.8 Å². The van der Waals surface area contributed by atoms with Gasteiger partial charge >= 0.3 is 6.03 Å². The molecule has 5 aromatic carbocycles. The molecule has 0 saturated heterocycles. The van der Waals surface area contributed by atoms with Crippen LogP contribution in [-0.4, -0.2) is 46.7 Å². The number of rotatable bonds is 10. The molecule has 0 unspecified atom stereocenters. The second-order valence-corrected chi connectivity index (χ2v) is 14.8. The third-order valence-electron chi connectivity index (χ3n) is 11.1. The van der Waals surface area contributed by atoms with Crippen molar-refractivity contribution < 1.29 is 18.6 Å². The number of aryl methyl sites for hydroxylation is 6. The van der Waals surface area contributed by atoms with Gasteiger partial charge in [0.2, 0.25) is 0 Å². The Bertz CT molecular complexity index is 2450. The Morgan fingerprint density at radius 2 is 1.04 bits per heavy atom. The van der Waals surface area contributed by atoms with Crippen LogP contribution in [0.4, 0.5) is 11.4 Å². The van der Waals surface area contributed by atoms with Crippen molar-refractivity contribution in [3.05, 3.63) is 168 Å². The topological polar surface area (TPSA) is 60.1 Å². The largest absolute Gasteiger partial charge is 0.715 e. The van der Waals surface area contributed by atoms with Gasteiger partial charge in [0.1, 0.15) is 0 Å². The highest BCUT2D eigenvalue weighted by Gasteiger charge is 2.72. The minimum absolute atomic E-state index is 0.825. The molecule has 0 fully saturated rings. The zero-order valence-electron chi connectivity index (χ0n) is 31.1. The van der Waals surface area contributed by atoms with Crippen LogP contribution < -0.4 is 9.47 Å². The van der Waals surface area contributed by atoms with E-state index >= 15 is 0 Å². The minimum Gasteiger partial charge on any atom is -0.340 e. The van der Waals surface area contributed by atoms with Gasteiger partial charge in [-0.05, 0) is 117 Å². The first kappa shape index (κ1) is 33.1. The van der Waals surface area contributed by atoms with Crippen LogP contribution in [0.3, 0.4) is 0 Å². The number of hydrogen-bond donors (Lipinski definition) is 0. The smallest absolute Gasteiger partial charge is 0.340 e. The first-order valence-electron chi connectivity index (χ1n) is 19.2. The molecule has 0 radical (unpaired) electrons. The van der Waals surface area contributed by atoms with Crippen LogP contribution in [0.15, 0.2) is 135 Å². The van der Waals surface area contributed by atoms with Gasteiger partial charge in [0, 0.05) is 50.0 Å². The number of imidazole rings is 2. The summed E-state index contributed by atoms with van der Waals surface area (Å²) in [5.41, 5.74) is 13.8.